The summed E-state index contributed by atoms with van der Waals surface area (Å²) in [5, 5.41) is 3.54. The number of carbonyl (C=O) groups excluding carboxylic acids is 3. The van der Waals surface area contributed by atoms with E-state index in [0.717, 1.165) is 11.5 Å². The van der Waals surface area contributed by atoms with Crippen molar-refractivity contribution < 1.29 is 40.4 Å². The highest BCUT2D eigenvalue weighted by atomic mass is 32.2. The number of ketones is 1. The Morgan fingerprint density at radius 1 is 1.00 bits per heavy atom. The number of hydrogen-bond donors (Lipinski definition) is 1. The van der Waals surface area contributed by atoms with Gasteiger partial charge in [0.15, 0.2) is 0 Å². The molecular formula is C30H30F4N4O5S. The maximum atomic E-state index is 13.7. The third-order valence-corrected chi connectivity index (χ3v) is 9.86. The Morgan fingerprint density at radius 2 is 1.61 bits per heavy atom. The number of amides is 2. The van der Waals surface area contributed by atoms with Crippen LogP contribution < -0.4 is 5.32 Å². The Labute approximate surface area is 251 Å². The molecule has 2 saturated heterocycles. The highest BCUT2D eigenvalue weighted by molar-refractivity contribution is 7.92. The van der Waals surface area contributed by atoms with Crippen LogP contribution in [0.25, 0.3) is 6.08 Å². The number of nitrogens with one attached hydrogen (secondary N) is 1. The smallest absolute Gasteiger partial charge is 0.338 e. The van der Waals surface area contributed by atoms with Crippen molar-refractivity contribution in [2.45, 2.75) is 51.2 Å². The monoisotopic (exact) mass is 634 g/mol. The van der Waals surface area contributed by atoms with E-state index in [2.05, 4.69) is 10.3 Å². The second-order valence-corrected chi connectivity index (χ2v) is 13.1. The van der Waals surface area contributed by atoms with Crippen LogP contribution in [0.5, 0.6) is 0 Å². The van der Waals surface area contributed by atoms with Crippen LogP contribution in [-0.2, 0) is 25.8 Å². The standard InChI is InChI=1S/C30H30F4N4O5S/c1-18-15-21(27(40)37-10-5-22(39)6-11-37)16-19(2)23(18)7-14-44(42,43)38-12-8-29(9-13-38)28(41)35-26(36-29)20-3-4-25(31)24(17-20)30(32,33)34/h3-4,7,14-17H,5-6,8-13H2,1-2H3,(H,35,36,41). The average Bonchev–Trinajstić information content (AvgIpc) is 3.27. The lowest BCUT2D eigenvalue weighted by molar-refractivity contribution is -0.140. The van der Waals surface area contributed by atoms with E-state index in [0.29, 0.717) is 60.3 Å². The summed E-state index contributed by atoms with van der Waals surface area (Å²) in [6, 6.07) is 5.72. The molecule has 234 valence electrons. The molecular weight excluding hydrogens is 604 g/mol. The van der Waals surface area contributed by atoms with E-state index < -0.39 is 39.0 Å². The predicted molar refractivity (Wildman–Crippen MR) is 154 cm³/mol. The Hall–Kier alpha value is -3.91. The molecule has 2 fully saturated rings. The maximum absolute atomic E-state index is 13.7. The summed E-state index contributed by atoms with van der Waals surface area (Å²) >= 11 is 0. The number of alkyl halides is 3. The summed E-state index contributed by atoms with van der Waals surface area (Å²) in [5.74, 6) is -2.19. The fourth-order valence-electron chi connectivity index (χ4n) is 5.74. The Balaban J connectivity index is 1.28. The van der Waals surface area contributed by atoms with E-state index in [9.17, 15) is 40.4 Å². The van der Waals surface area contributed by atoms with Gasteiger partial charge in [0.2, 0.25) is 10.0 Å². The van der Waals surface area contributed by atoms with Gasteiger partial charge in [-0.1, -0.05) is 0 Å². The quantitative estimate of drug-likeness (QED) is 0.500. The van der Waals surface area contributed by atoms with Gasteiger partial charge >= 0.3 is 6.18 Å². The lowest BCUT2D eigenvalue weighted by atomic mass is 9.89. The normalized spacial score (nSPS) is 19.5. The first-order valence-corrected chi connectivity index (χ1v) is 15.5. The fourth-order valence-corrected chi connectivity index (χ4v) is 6.91. The molecule has 0 radical (unpaired) electrons. The predicted octanol–water partition coefficient (Wildman–Crippen LogP) is 3.98. The second-order valence-electron chi connectivity index (χ2n) is 11.2. The van der Waals surface area contributed by atoms with E-state index in [1.165, 1.54) is 10.4 Å². The number of hydrogen-bond acceptors (Lipinski definition) is 6. The molecule has 44 heavy (non-hydrogen) atoms. The first-order chi connectivity index (χ1) is 20.6. The van der Waals surface area contributed by atoms with Crippen molar-refractivity contribution in [3.63, 3.8) is 0 Å². The summed E-state index contributed by atoms with van der Waals surface area (Å²) < 4.78 is 80.9. The third kappa shape index (κ3) is 6.18. The van der Waals surface area contributed by atoms with Gasteiger partial charge in [-0.05, 0) is 79.8 Å². The SMILES string of the molecule is Cc1cc(C(=O)N2CCC(=O)CC2)cc(C)c1C=CS(=O)(=O)N1CCC2(CC1)N=C(c1ccc(F)c(C(F)(F)F)c1)NC2=O. The minimum atomic E-state index is -4.93. The van der Waals surface area contributed by atoms with Gasteiger partial charge in [-0.25, -0.2) is 12.8 Å². The van der Waals surface area contributed by atoms with Gasteiger partial charge in [0.25, 0.3) is 11.8 Å². The van der Waals surface area contributed by atoms with Crippen molar-refractivity contribution in [1.82, 2.24) is 14.5 Å². The molecule has 0 unspecified atom stereocenters. The van der Waals surface area contributed by atoms with Crippen molar-refractivity contribution in [2.75, 3.05) is 26.2 Å². The Kier molecular flexibility index (Phi) is 8.27. The number of amidine groups is 1. The van der Waals surface area contributed by atoms with Crippen LogP contribution in [0.4, 0.5) is 17.6 Å². The van der Waals surface area contributed by atoms with Crippen molar-refractivity contribution in [3.8, 4) is 0 Å². The number of aliphatic imine (C=N–C) groups is 1. The summed E-state index contributed by atoms with van der Waals surface area (Å²) in [7, 11) is -3.92. The van der Waals surface area contributed by atoms with Crippen LogP contribution in [0.15, 0.2) is 40.7 Å². The van der Waals surface area contributed by atoms with Crippen molar-refractivity contribution in [3.05, 3.63) is 74.9 Å². The molecule has 2 aromatic rings. The van der Waals surface area contributed by atoms with E-state index in [1.54, 1.807) is 30.9 Å². The number of nitrogens with zero attached hydrogens (tertiary/aromatic N) is 3. The van der Waals surface area contributed by atoms with Crippen LogP contribution in [0.1, 0.15) is 63.9 Å². The van der Waals surface area contributed by atoms with Gasteiger partial charge in [0.1, 0.15) is 23.0 Å². The molecule has 5 rings (SSSR count). The zero-order chi connectivity index (χ0) is 32.0. The summed E-state index contributed by atoms with van der Waals surface area (Å²) in [5.41, 5.74) is -0.447. The second kappa shape index (κ2) is 11.5. The first kappa shape index (κ1) is 31.5. The van der Waals surface area contributed by atoms with Crippen molar-refractivity contribution in [2.24, 2.45) is 4.99 Å². The zero-order valence-electron chi connectivity index (χ0n) is 24.0. The van der Waals surface area contributed by atoms with Gasteiger partial charge in [0.05, 0.1) is 5.56 Å². The van der Waals surface area contributed by atoms with E-state index in [1.807, 2.05) is 0 Å². The highest BCUT2D eigenvalue weighted by Gasteiger charge is 2.47. The Bertz CT molecular complexity index is 1680. The van der Waals surface area contributed by atoms with Crippen molar-refractivity contribution >= 4 is 39.5 Å². The van der Waals surface area contributed by atoms with Crippen molar-refractivity contribution in [1.29, 1.82) is 0 Å². The number of carbonyl (C=O) groups is 3. The topological polar surface area (TPSA) is 116 Å². The van der Waals surface area contributed by atoms with Crippen LogP contribution in [0.2, 0.25) is 0 Å². The minimum absolute atomic E-state index is 0.000310. The molecule has 14 heteroatoms. The lowest BCUT2D eigenvalue weighted by Crippen LogP contribution is -2.50. The number of benzene rings is 2. The molecule has 1 spiro atoms. The molecule has 9 nitrogen and oxygen atoms in total. The summed E-state index contributed by atoms with van der Waals surface area (Å²) in [4.78, 5) is 43.3. The number of Topliss-reactive ketones (excluding diaryl/α,β-unsaturated/α-hetero) is 1. The summed E-state index contributed by atoms with van der Waals surface area (Å²) in [6.07, 6.45) is -2.81. The van der Waals surface area contributed by atoms with Gasteiger partial charge in [-0.15, -0.1) is 0 Å². The van der Waals surface area contributed by atoms with Gasteiger partial charge in [0, 0.05) is 55.6 Å². The van der Waals surface area contributed by atoms with Crippen LogP contribution in [0.3, 0.4) is 0 Å². The first-order valence-electron chi connectivity index (χ1n) is 14.0. The van der Waals surface area contributed by atoms with Crippen LogP contribution in [0, 0.1) is 19.7 Å². The van der Waals surface area contributed by atoms with Crippen LogP contribution in [-0.4, -0.2) is 72.8 Å². The highest BCUT2D eigenvalue weighted by Crippen LogP contribution is 2.35. The number of likely N-dealkylation sites (tertiary alicyclic amines) is 1. The molecule has 0 saturated carbocycles. The Morgan fingerprint density at radius 3 is 2.20 bits per heavy atom. The van der Waals surface area contributed by atoms with Gasteiger partial charge < -0.3 is 10.2 Å². The number of piperidine rings is 2. The molecule has 0 aromatic heterocycles. The maximum Gasteiger partial charge on any atom is 0.419 e. The van der Waals surface area contributed by atoms with Gasteiger partial charge in [-0.2, -0.15) is 17.5 Å². The van der Waals surface area contributed by atoms with Gasteiger partial charge in [-0.3, -0.25) is 19.4 Å². The number of halogens is 4. The molecule has 2 amide bonds. The fraction of sp³-hybridized carbons (Fsp3) is 0.400. The molecule has 3 aliphatic rings. The van der Waals surface area contributed by atoms with E-state index >= 15 is 0 Å². The summed E-state index contributed by atoms with van der Waals surface area (Å²) in [6.45, 7) is 4.16. The lowest BCUT2D eigenvalue weighted by Gasteiger charge is -2.34. The number of aryl methyl sites for hydroxylation is 2. The van der Waals surface area contributed by atoms with E-state index in [-0.39, 0.29) is 49.0 Å². The molecule has 3 aliphatic heterocycles. The molecule has 0 atom stereocenters. The molecule has 3 heterocycles. The zero-order valence-corrected chi connectivity index (χ0v) is 24.8. The number of rotatable bonds is 5. The minimum Gasteiger partial charge on any atom is -0.338 e. The molecule has 2 aromatic carbocycles. The van der Waals surface area contributed by atoms with E-state index in [4.69, 9.17) is 0 Å². The number of sulfonamides is 1. The third-order valence-electron chi connectivity index (χ3n) is 8.29. The molecule has 0 aliphatic carbocycles. The molecule has 0 bridgehead atoms. The molecule has 1 N–H and O–H groups in total. The average molecular weight is 635 g/mol. The largest absolute Gasteiger partial charge is 0.419 e. The van der Waals surface area contributed by atoms with Crippen LogP contribution >= 0.6 is 0 Å².